The van der Waals surface area contributed by atoms with E-state index in [0.717, 1.165) is 44.0 Å². The number of ether oxygens (including phenoxy) is 1. The molecule has 1 fully saturated rings. The van der Waals surface area contributed by atoms with Crippen LogP contribution < -0.4 is 19.9 Å². The second kappa shape index (κ2) is 10.1. The van der Waals surface area contributed by atoms with Gasteiger partial charge in [-0.3, -0.25) is 4.79 Å². The van der Waals surface area contributed by atoms with E-state index in [4.69, 9.17) is 16.3 Å². The topological polar surface area (TPSA) is 47.2 Å². The summed E-state index contributed by atoms with van der Waals surface area (Å²) in [6.07, 6.45) is 0. The highest BCUT2D eigenvalue weighted by Gasteiger charge is 2.26. The molecule has 0 radical (unpaired) electrons. The molecule has 1 aliphatic heterocycles. The SMILES string of the molecule is COc1ccc(C)cc1C[NH+]1CC[NH+](CC(=O)N[C@@H](C)c2ccc(Cl)cc2)CC1. The van der Waals surface area contributed by atoms with Crippen LogP contribution >= 0.6 is 11.6 Å². The third kappa shape index (κ3) is 6.20. The van der Waals surface area contributed by atoms with Gasteiger partial charge in [0.2, 0.25) is 0 Å². The van der Waals surface area contributed by atoms with Crippen LogP contribution in [0.15, 0.2) is 42.5 Å². The van der Waals surface area contributed by atoms with Crippen LogP contribution in [-0.4, -0.2) is 45.7 Å². The van der Waals surface area contributed by atoms with Crippen molar-refractivity contribution in [1.29, 1.82) is 0 Å². The fourth-order valence-corrected chi connectivity index (χ4v) is 4.11. The molecule has 3 N–H and O–H groups in total. The van der Waals surface area contributed by atoms with E-state index in [9.17, 15) is 4.79 Å². The molecule has 1 amide bonds. The maximum Gasteiger partial charge on any atom is 0.275 e. The van der Waals surface area contributed by atoms with Crippen molar-refractivity contribution in [2.75, 3.05) is 39.8 Å². The van der Waals surface area contributed by atoms with Crippen LogP contribution in [0.25, 0.3) is 0 Å². The zero-order valence-corrected chi connectivity index (χ0v) is 18.3. The number of hydrogen-bond acceptors (Lipinski definition) is 2. The van der Waals surface area contributed by atoms with E-state index in [1.54, 1.807) is 12.0 Å². The van der Waals surface area contributed by atoms with Crippen molar-refractivity contribution < 1.29 is 19.3 Å². The fraction of sp³-hybridized carbons (Fsp3) is 0.435. The Morgan fingerprint density at radius 1 is 1.10 bits per heavy atom. The summed E-state index contributed by atoms with van der Waals surface area (Å²) in [5.41, 5.74) is 3.59. The molecule has 2 aromatic carbocycles. The second-order valence-corrected chi connectivity index (χ2v) is 8.45. The smallest absolute Gasteiger partial charge is 0.275 e. The molecule has 0 aromatic heterocycles. The number of aryl methyl sites for hydroxylation is 1. The van der Waals surface area contributed by atoms with E-state index < -0.39 is 0 Å². The van der Waals surface area contributed by atoms with Gasteiger partial charge in [-0.1, -0.05) is 35.4 Å². The number of carbonyl (C=O) groups is 1. The molecule has 0 spiro atoms. The van der Waals surface area contributed by atoms with Crippen molar-refractivity contribution in [2.45, 2.75) is 26.4 Å². The zero-order valence-electron chi connectivity index (χ0n) is 17.6. The third-order valence-corrected chi connectivity index (χ3v) is 5.95. The molecular formula is C23H32ClN3O2+2. The fourth-order valence-electron chi connectivity index (χ4n) is 3.98. The van der Waals surface area contributed by atoms with E-state index in [1.165, 1.54) is 16.0 Å². The van der Waals surface area contributed by atoms with E-state index in [1.807, 2.05) is 31.2 Å². The average molecular weight is 418 g/mol. The average Bonchev–Trinajstić information content (AvgIpc) is 2.70. The van der Waals surface area contributed by atoms with Crippen LogP contribution in [0.3, 0.4) is 0 Å². The summed E-state index contributed by atoms with van der Waals surface area (Å²) in [5.74, 6) is 1.07. The highest BCUT2D eigenvalue weighted by atomic mass is 35.5. The molecule has 156 valence electrons. The lowest BCUT2D eigenvalue weighted by molar-refractivity contribution is -1.02. The number of hydrogen-bond donors (Lipinski definition) is 3. The third-order valence-electron chi connectivity index (χ3n) is 5.70. The van der Waals surface area contributed by atoms with Gasteiger partial charge in [-0.15, -0.1) is 0 Å². The maximum atomic E-state index is 12.5. The van der Waals surface area contributed by atoms with Gasteiger partial charge in [0.15, 0.2) is 6.54 Å². The molecule has 3 rings (SSSR count). The van der Waals surface area contributed by atoms with Gasteiger partial charge in [0, 0.05) is 10.6 Å². The normalized spacial score (nSPS) is 20.1. The first kappa shape index (κ1) is 21.6. The molecule has 0 unspecified atom stereocenters. The van der Waals surface area contributed by atoms with Crippen molar-refractivity contribution >= 4 is 17.5 Å². The van der Waals surface area contributed by atoms with Crippen molar-refractivity contribution in [1.82, 2.24) is 5.32 Å². The van der Waals surface area contributed by atoms with Gasteiger partial charge in [0.05, 0.1) is 13.2 Å². The van der Waals surface area contributed by atoms with Gasteiger partial charge in [-0.05, 0) is 43.7 Å². The van der Waals surface area contributed by atoms with E-state index in [-0.39, 0.29) is 11.9 Å². The number of halogens is 1. The highest BCUT2D eigenvalue weighted by Crippen LogP contribution is 2.18. The standard InChI is InChI=1S/C23H30ClN3O2/c1-17-4-9-22(29-3)20(14-17)15-26-10-12-27(13-11-26)16-23(28)25-18(2)19-5-7-21(24)8-6-19/h4-9,14,18H,10-13,15-16H2,1-3H3,(H,25,28)/p+2/t18-/m0/s1. The first-order valence-electron chi connectivity index (χ1n) is 10.3. The zero-order chi connectivity index (χ0) is 20.8. The number of methoxy groups -OCH3 is 1. The molecule has 1 atom stereocenters. The minimum Gasteiger partial charge on any atom is -0.496 e. The maximum absolute atomic E-state index is 12.5. The Bertz CT molecular complexity index is 817. The quantitative estimate of drug-likeness (QED) is 0.624. The van der Waals surface area contributed by atoms with Crippen molar-refractivity contribution in [3.63, 3.8) is 0 Å². The summed E-state index contributed by atoms with van der Waals surface area (Å²) < 4.78 is 5.52. The van der Waals surface area contributed by atoms with Crippen LogP contribution in [0, 0.1) is 6.92 Å². The van der Waals surface area contributed by atoms with Gasteiger partial charge in [0.1, 0.15) is 38.5 Å². The van der Waals surface area contributed by atoms with Crippen LogP contribution in [0.5, 0.6) is 5.75 Å². The summed E-state index contributed by atoms with van der Waals surface area (Å²) in [4.78, 5) is 15.4. The van der Waals surface area contributed by atoms with Crippen molar-refractivity contribution in [2.24, 2.45) is 0 Å². The number of carbonyl (C=O) groups excluding carboxylic acids is 1. The summed E-state index contributed by atoms with van der Waals surface area (Å²) >= 11 is 5.94. The minimum atomic E-state index is -0.0140. The summed E-state index contributed by atoms with van der Waals surface area (Å²) in [7, 11) is 1.73. The number of piperazine rings is 1. The van der Waals surface area contributed by atoms with Crippen molar-refractivity contribution in [3.05, 3.63) is 64.2 Å². The lowest BCUT2D eigenvalue weighted by atomic mass is 10.1. The Labute approximate surface area is 178 Å². The van der Waals surface area contributed by atoms with Crippen LogP contribution in [0.4, 0.5) is 0 Å². The summed E-state index contributed by atoms with van der Waals surface area (Å²) in [6.45, 7) is 9.76. The molecule has 0 bridgehead atoms. The van der Waals surface area contributed by atoms with E-state index in [0.29, 0.717) is 11.6 Å². The second-order valence-electron chi connectivity index (χ2n) is 8.01. The van der Waals surface area contributed by atoms with Crippen LogP contribution in [-0.2, 0) is 11.3 Å². The minimum absolute atomic E-state index is 0.0140. The number of nitrogens with one attached hydrogen (secondary N) is 3. The number of amides is 1. The Morgan fingerprint density at radius 2 is 1.76 bits per heavy atom. The van der Waals surface area contributed by atoms with Gasteiger partial charge in [-0.25, -0.2) is 0 Å². The van der Waals surface area contributed by atoms with E-state index in [2.05, 4.69) is 30.4 Å². The van der Waals surface area contributed by atoms with Crippen LogP contribution in [0.1, 0.15) is 29.7 Å². The van der Waals surface area contributed by atoms with Gasteiger partial charge in [0.25, 0.3) is 5.91 Å². The van der Waals surface area contributed by atoms with Crippen molar-refractivity contribution in [3.8, 4) is 5.75 Å². The van der Waals surface area contributed by atoms with Gasteiger partial charge >= 0.3 is 0 Å². The Kier molecular flexibility index (Phi) is 7.53. The van der Waals surface area contributed by atoms with E-state index >= 15 is 0 Å². The molecule has 1 saturated heterocycles. The number of rotatable bonds is 7. The molecule has 0 aliphatic carbocycles. The molecular weight excluding hydrogens is 386 g/mol. The molecule has 2 aromatic rings. The summed E-state index contributed by atoms with van der Waals surface area (Å²) in [5, 5.41) is 3.82. The number of benzene rings is 2. The predicted octanol–water partition coefficient (Wildman–Crippen LogP) is 0.818. The van der Waals surface area contributed by atoms with Gasteiger partial charge < -0.3 is 19.9 Å². The van der Waals surface area contributed by atoms with Crippen LogP contribution in [0.2, 0.25) is 5.02 Å². The largest absolute Gasteiger partial charge is 0.496 e. The number of quaternary nitrogens is 2. The summed E-state index contributed by atoms with van der Waals surface area (Å²) in [6, 6.07) is 14.0. The first-order chi connectivity index (χ1) is 13.9. The molecule has 6 heteroatoms. The first-order valence-corrected chi connectivity index (χ1v) is 10.7. The highest BCUT2D eigenvalue weighted by molar-refractivity contribution is 6.30. The molecule has 29 heavy (non-hydrogen) atoms. The predicted molar refractivity (Wildman–Crippen MR) is 116 cm³/mol. The Hall–Kier alpha value is -2.08. The molecule has 1 heterocycles. The Balaban J connectivity index is 1.45. The lowest BCUT2D eigenvalue weighted by Crippen LogP contribution is -3.28. The van der Waals surface area contributed by atoms with Gasteiger partial charge in [-0.2, -0.15) is 0 Å². The monoisotopic (exact) mass is 417 g/mol. The molecule has 1 aliphatic rings. The Morgan fingerprint density at radius 3 is 2.41 bits per heavy atom. The molecule has 5 nitrogen and oxygen atoms in total. The molecule has 0 saturated carbocycles. The lowest BCUT2D eigenvalue weighted by Gasteiger charge is -2.30.